The molecule has 4 aromatic rings. The summed E-state index contributed by atoms with van der Waals surface area (Å²) in [5, 5.41) is 7.98. The van der Waals surface area contributed by atoms with Crippen LogP contribution in [0.1, 0.15) is 32.4 Å². The Balaban J connectivity index is 1.48. The zero-order chi connectivity index (χ0) is 21.6. The second kappa shape index (κ2) is 7.39. The lowest BCUT2D eigenvalue weighted by Gasteiger charge is -2.36. The number of pyridine rings is 1. The molecule has 1 aliphatic rings. The number of benzene rings is 1. The number of nitrogens with one attached hydrogen (secondary N) is 2. The first-order valence-corrected chi connectivity index (χ1v) is 10.5. The number of aromatic nitrogens is 4. The largest absolute Gasteiger partial charge is 0.444 e. The molecule has 1 fully saturated rings. The maximum absolute atomic E-state index is 12.8. The highest BCUT2D eigenvalue weighted by atomic mass is 16.6. The lowest BCUT2D eigenvalue weighted by Crippen LogP contribution is -2.50. The summed E-state index contributed by atoms with van der Waals surface area (Å²) in [7, 11) is 0. The lowest BCUT2D eigenvalue weighted by atomic mass is 10.0. The molecule has 8 heteroatoms. The highest BCUT2D eigenvalue weighted by molar-refractivity contribution is 5.81. The Kier molecular flexibility index (Phi) is 4.66. The molecule has 0 aliphatic carbocycles. The Bertz CT molecular complexity index is 1250. The van der Waals surface area contributed by atoms with E-state index in [1.54, 1.807) is 11.2 Å². The van der Waals surface area contributed by atoms with E-state index in [0.717, 1.165) is 39.8 Å². The van der Waals surface area contributed by atoms with Gasteiger partial charge in [0.25, 0.3) is 0 Å². The lowest BCUT2D eigenvalue weighted by molar-refractivity contribution is 0.0119. The third kappa shape index (κ3) is 3.74. The quantitative estimate of drug-likeness (QED) is 0.518. The van der Waals surface area contributed by atoms with Crippen LogP contribution in [0.5, 0.6) is 0 Å². The number of nitrogens with zero attached hydrogens (tertiary/aromatic N) is 4. The summed E-state index contributed by atoms with van der Waals surface area (Å²) in [6.07, 6.45) is 5.28. The number of aromatic amines is 1. The van der Waals surface area contributed by atoms with E-state index in [4.69, 9.17) is 4.74 Å². The van der Waals surface area contributed by atoms with Gasteiger partial charge in [-0.3, -0.25) is 4.90 Å². The van der Waals surface area contributed by atoms with Gasteiger partial charge in [-0.25, -0.2) is 14.3 Å². The number of carbonyl (C=O) groups excluding carboxylic acids is 1. The molecule has 2 N–H and O–H groups in total. The molecule has 31 heavy (non-hydrogen) atoms. The van der Waals surface area contributed by atoms with Gasteiger partial charge in [0.05, 0.1) is 35.1 Å². The minimum atomic E-state index is -0.530. The molecular weight excluding hydrogens is 392 g/mol. The van der Waals surface area contributed by atoms with Crippen LogP contribution in [0.2, 0.25) is 0 Å². The Morgan fingerprint density at radius 3 is 2.87 bits per heavy atom. The van der Waals surface area contributed by atoms with Crippen molar-refractivity contribution in [1.82, 2.24) is 29.8 Å². The maximum atomic E-state index is 12.8. The standard InChI is InChI=1S/C23H26N6O2/c1-23(2,3)31-22(30)28-9-8-24-12-21(28)17-11-27-29-13-16(5-7-20(17)29)15-4-6-18-19(10-15)26-14-25-18/h4-7,10-11,13-14,21,24H,8-9,12H2,1-3H3,(H,25,26). The SMILES string of the molecule is CC(C)(C)OC(=O)N1CCNCC1c1cnn2cc(-c3ccc4nc[nH]c4c3)ccc12. The summed E-state index contributed by atoms with van der Waals surface area (Å²) in [6, 6.07) is 10.2. The van der Waals surface area contributed by atoms with Gasteiger partial charge >= 0.3 is 6.09 Å². The van der Waals surface area contributed by atoms with Gasteiger partial charge in [-0.05, 0) is 44.5 Å². The third-order valence-electron chi connectivity index (χ3n) is 5.53. The fourth-order valence-corrected chi connectivity index (χ4v) is 4.07. The minimum absolute atomic E-state index is 0.131. The van der Waals surface area contributed by atoms with E-state index >= 15 is 0 Å². The van der Waals surface area contributed by atoms with Gasteiger partial charge < -0.3 is 15.0 Å². The minimum Gasteiger partial charge on any atom is -0.444 e. The molecule has 1 atom stereocenters. The Labute approximate surface area is 180 Å². The second-order valence-corrected chi connectivity index (χ2v) is 8.88. The Morgan fingerprint density at radius 1 is 1.19 bits per heavy atom. The number of ether oxygens (including phenoxy) is 1. The molecule has 0 saturated carbocycles. The van der Waals surface area contributed by atoms with Crippen LogP contribution in [-0.4, -0.2) is 55.8 Å². The summed E-state index contributed by atoms with van der Waals surface area (Å²) in [4.78, 5) is 22.1. The first-order chi connectivity index (χ1) is 14.9. The van der Waals surface area contributed by atoms with E-state index in [1.165, 1.54) is 0 Å². The maximum Gasteiger partial charge on any atom is 0.410 e. The number of piperazine rings is 1. The number of H-pyrrole nitrogens is 1. The molecular formula is C23H26N6O2. The van der Waals surface area contributed by atoms with Crippen molar-refractivity contribution in [3.8, 4) is 11.1 Å². The van der Waals surface area contributed by atoms with Crippen LogP contribution in [0.25, 0.3) is 27.7 Å². The molecule has 1 aliphatic heterocycles. The van der Waals surface area contributed by atoms with Crippen LogP contribution < -0.4 is 5.32 Å². The predicted molar refractivity (Wildman–Crippen MR) is 119 cm³/mol. The van der Waals surface area contributed by atoms with Crippen LogP contribution in [0.3, 0.4) is 0 Å². The number of hydrogen-bond donors (Lipinski definition) is 2. The number of hydrogen-bond acceptors (Lipinski definition) is 5. The summed E-state index contributed by atoms with van der Waals surface area (Å²) in [5.41, 5.74) is 5.55. The topological polar surface area (TPSA) is 87.6 Å². The van der Waals surface area contributed by atoms with Crippen LogP contribution >= 0.6 is 0 Å². The third-order valence-corrected chi connectivity index (χ3v) is 5.53. The Hall–Kier alpha value is -3.39. The van der Waals surface area contributed by atoms with Crippen LogP contribution in [0.4, 0.5) is 4.79 Å². The second-order valence-electron chi connectivity index (χ2n) is 8.88. The van der Waals surface area contributed by atoms with Crippen molar-refractivity contribution < 1.29 is 9.53 Å². The molecule has 0 bridgehead atoms. The average Bonchev–Trinajstić information content (AvgIpc) is 3.38. The molecule has 0 radical (unpaired) electrons. The van der Waals surface area contributed by atoms with Crippen molar-refractivity contribution in [2.45, 2.75) is 32.4 Å². The van der Waals surface area contributed by atoms with Crippen molar-refractivity contribution in [1.29, 1.82) is 0 Å². The van der Waals surface area contributed by atoms with Gasteiger partial charge in [-0.2, -0.15) is 5.10 Å². The van der Waals surface area contributed by atoms with E-state index in [9.17, 15) is 4.79 Å². The molecule has 5 rings (SSSR count). The van der Waals surface area contributed by atoms with Crippen LogP contribution in [0.15, 0.2) is 49.1 Å². The Morgan fingerprint density at radius 2 is 2.03 bits per heavy atom. The monoisotopic (exact) mass is 418 g/mol. The number of fused-ring (bicyclic) bond motifs is 2. The number of amides is 1. The summed E-state index contributed by atoms with van der Waals surface area (Å²) in [5.74, 6) is 0. The molecule has 0 spiro atoms. The number of rotatable bonds is 2. The highest BCUT2D eigenvalue weighted by Crippen LogP contribution is 2.30. The fourth-order valence-electron chi connectivity index (χ4n) is 4.07. The van der Waals surface area contributed by atoms with E-state index in [1.807, 2.05) is 43.7 Å². The van der Waals surface area contributed by atoms with Gasteiger partial charge in [0.2, 0.25) is 0 Å². The molecule has 4 heterocycles. The van der Waals surface area contributed by atoms with Crippen molar-refractivity contribution in [2.75, 3.05) is 19.6 Å². The average molecular weight is 419 g/mol. The molecule has 3 aromatic heterocycles. The highest BCUT2D eigenvalue weighted by Gasteiger charge is 2.33. The smallest absolute Gasteiger partial charge is 0.410 e. The summed E-state index contributed by atoms with van der Waals surface area (Å²) < 4.78 is 7.53. The molecule has 1 saturated heterocycles. The number of carbonyl (C=O) groups is 1. The van der Waals surface area contributed by atoms with Crippen molar-refractivity contribution >= 4 is 22.6 Å². The fraction of sp³-hybridized carbons (Fsp3) is 0.348. The van der Waals surface area contributed by atoms with Crippen molar-refractivity contribution in [3.05, 3.63) is 54.6 Å². The van der Waals surface area contributed by atoms with E-state index in [2.05, 4.69) is 44.6 Å². The summed E-state index contributed by atoms with van der Waals surface area (Å²) in [6.45, 7) is 7.67. The summed E-state index contributed by atoms with van der Waals surface area (Å²) >= 11 is 0. The first-order valence-electron chi connectivity index (χ1n) is 10.5. The van der Waals surface area contributed by atoms with Gasteiger partial charge in [0, 0.05) is 37.0 Å². The van der Waals surface area contributed by atoms with Crippen molar-refractivity contribution in [3.63, 3.8) is 0 Å². The van der Waals surface area contributed by atoms with Gasteiger partial charge in [0.15, 0.2) is 0 Å². The molecule has 1 amide bonds. The van der Waals surface area contributed by atoms with Crippen LogP contribution in [-0.2, 0) is 4.74 Å². The predicted octanol–water partition coefficient (Wildman–Crippen LogP) is 3.76. The van der Waals surface area contributed by atoms with Gasteiger partial charge in [-0.1, -0.05) is 12.1 Å². The van der Waals surface area contributed by atoms with Crippen LogP contribution in [0, 0.1) is 0 Å². The molecule has 1 unspecified atom stereocenters. The van der Waals surface area contributed by atoms with Crippen molar-refractivity contribution in [2.24, 2.45) is 0 Å². The van der Waals surface area contributed by atoms with E-state index < -0.39 is 5.60 Å². The zero-order valence-corrected chi connectivity index (χ0v) is 17.9. The zero-order valence-electron chi connectivity index (χ0n) is 17.9. The molecule has 160 valence electrons. The number of imidazole rings is 1. The van der Waals surface area contributed by atoms with Gasteiger partial charge in [-0.15, -0.1) is 0 Å². The first kappa shape index (κ1) is 19.6. The molecule has 1 aromatic carbocycles. The van der Waals surface area contributed by atoms with Gasteiger partial charge in [0.1, 0.15) is 5.60 Å². The van der Waals surface area contributed by atoms with E-state index in [-0.39, 0.29) is 12.1 Å². The van der Waals surface area contributed by atoms with E-state index in [0.29, 0.717) is 13.1 Å². The molecule has 8 nitrogen and oxygen atoms in total. The normalized spacial score (nSPS) is 17.4.